The van der Waals surface area contributed by atoms with Crippen molar-refractivity contribution in [2.24, 2.45) is 5.14 Å². The van der Waals surface area contributed by atoms with Gasteiger partial charge >= 0.3 is 0 Å². The average molecular weight is 406 g/mol. The molecule has 0 spiro atoms. The molecular formula is C11H14N6O5S3. The summed E-state index contributed by atoms with van der Waals surface area (Å²) in [5, 5.41) is 13.9. The van der Waals surface area contributed by atoms with E-state index in [2.05, 4.69) is 20.2 Å². The SMILES string of the molecule is Nc1ccc(S(=O)(=O)NCCC(=O)Nc2nnc(S(N)(=O)=O)s2)cc1. The number of amides is 1. The number of primary sulfonamides is 1. The van der Waals surface area contributed by atoms with Crippen LogP contribution in [0.3, 0.4) is 0 Å². The lowest BCUT2D eigenvalue weighted by atomic mass is 10.3. The van der Waals surface area contributed by atoms with Gasteiger partial charge in [-0.2, -0.15) is 0 Å². The minimum Gasteiger partial charge on any atom is -0.399 e. The number of benzene rings is 1. The van der Waals surface area contributed by atoms with E-state index in [0.717, 1.165) is 0 Å². The monoisotopic (exact) mass is 406 g/mol. The lowest BCUT2D eigenvalue weighted by molar-refractivity contribution is -0.116. The molecule has 0 saturated carbocycles. The summed E-state index contributed by atoms with van der Waals surface area (Å²) < 4.78 is 48.0. The maximum absolute atomic E-state index is 12.0. The molecule has 0 bridgehead atoms. The minimum atomic E-state index is -3.99. The number of nitrogens with zero attached hydrogens (tertiary/aromatic N) is 2. The van der Waals surface area contributed by atoms with Gasteiger partial charge in [0.05, 0.1) is 4.90 Å². The number of nitrogens with two attached hydrogens (primary N) is 2. The summed E-state index contributed by atoms with van der Waals surface area (Å²) >= 11 is 0.588. The molecule has 0 saturated heterocycles. The summed E-state index contributed by atoms with van der Waals surface area (Å²) in [6, 6.07) is 5.57. The van der Waals surface area contributed by atoms with E-state index in [0.29, 0.717) is 17.0 Å². The highest BCUT2D eigenvalue weighted by Crippen LogP contribution is 2.18. The molecule has 0 aliphatic heterocycles. The number of anilines is 2. The van der Waals surface area contributed by atoms with E-state index in [1.165, 1.54) is 24.3 Å². The van der Waals surface area contributed by atoms with Crippen molar-refractivity contribution >= 4 is 48.1 Å². The maximum atomic E-state index is 12.0. The number of rotatable bonds is 7. The van der Waals surface area contributed by atoms with Crippen LogP contribution in [0.1, 0.15) is 6.42 Å². The Kier molecular flexibility index (Phi) is 5.69. The van der Waals surface area contributed by atoms with E-state index in [1.807, 2.05) is 0 Å². The van der Waals surface area contributed by atoms with Gasteiger partial charge in [0.15, 0.2) is 0 Å². The summed E-state index contributed by atoms with van der Waals surface area (Å²) in [7, 11) is -7.76. The standard InChI is InChI=1S/C11H14N6O5S3/c12-7-1-3-8(4-2-7)25(21,22)14-6-5-9(18)15-10-16-17-11(23-10)24(13,19)20/h1-4,14H,5-6,12H2,(H2,13,19,20)(H,15,16,18). The van der Waals surface area contributed by atoms with Gasteiger partial charge in [-0.1, -0.05) is 11.3 Å². The Hall–Kier alpha value is -2.13. The zero-order valence-corrected chi connectivity index (χ0v) is 15.0. The van der Waals surface area contributed by atoms with Crippen molar-refractivity contribution in [3.8, 4) is 0 Å². The Morgan fingerprint density at radius 2 is 1.76 bits per heavy atom. The summed E-state index contributed by atoms with van der Waals surface area (Å²) in [4.78, 5) is 11.8. The third kappa shape index (κ3) is 5.43. The van der Waals surface area contributed by atoms with Crippen molar-refractivity contribution < 1.29 is 21.6 Å². The molecule has 25 heavy (non-hydrogen) atoms. The normalized spacial score (nSPS) is 12.0. The number of carbonyl (C=O) groups is 1. The number of hydrogen-bond acceptors (Lipinski definition) is 9. The van der Waals surface area contributed by atoms with Gasteiger partial charge in [0.2, 0.25) is 25.4 Å². The molecule has 2 rings (SSSR count). The maximum Gasteiger partial charge on any atom is 0.267 e. The van der Waals surface area contributed by atoms with E-state index in [1.54, 1.807) is 0 Å². The van der Waals surface area contributed by atoms with Crippen LogP contribution in [0.15, 0.2) is 33.5 Å². The predicted octanol–water partition coefficient (Wildman–Crippen LogP) is -0.925. The molecule has 136 valence electrons. The van der Waals surface area contributed by atoms with Crippen molar-refractivity contribution in [2.75, 3.05) is 17.6 Å². The zero-order chi connectivity index (χ0) is 18.7. The van der Waals surface area contributed by atoms with Crippen LogP contribution in [-0.4, -0.2) is 39.5 Å². The highest BCUT2D eigenvalue weighted by molar-refractivity contribution is 7.91. The Morgan fingerprint density at radius 1 is 1.12 bits per heavy atom. The quantitative estimate of drug-likeness (QED) is 0.335. The number of aromatic nitrogens is 2. The first-order chi connectivity index (χ1) is 11.6. The average Bonchev–Trinajstić information content (AvgIpc) is 2.96. The molecule has 1 heterocycles. The fourth-order valence-electron chi connectivity index (χ4n) is 1.59. The summed E-state index contributed by atoms with van der Waals surface area (Å²) in [6.07, 6.45) is -0.196. The van der Waals surface area contributed by atoms with Crippen LogP contribution in [0.5, 0.6) is 0 Å². The van der Waals surface area contributed by atoms with E-state index in [9.17, 15) is 21.6 Å². The van der Waals surface area contributed by atoms with Crippen molar-refractivity contribution in [1.29, 1.82) is 0 Å². The predicted molar refractivity (Wildman–Crippen MR) is 90.6 cm³/mol. The third-order valence-corrected chi connectivity index (χ3v) is 6.36. The molecular weight excluding hydrogens is 392 g/mol. The number of carbonyl (C=O) groups excluding carboxylic acids is 1. The molecule has 0 fully saturated rings. The third-order valence-electron chi connectivity index (χ3n) is 2.73. The summed E-state index contributed by atoms with van der Waals surface area (Å²) in [6.45, 7) is -0.167. The van der Waals surface area contributed by atoms with Gasteiger partial charge in [0, 0.05) is 18.7 Å². The Balaban J connectivity index is 1.88. The summed E-state index contributed by atoms with van der Waals surface area (Å²) in [5.74, 6) is -0.572. The van der Waals surface area contributed by atoms with Crippen LogP contribution in [0.2, 0.25) is 0 Å². The molecule has 0 unspecified atom stereocenters. The first kappa shape index (κ1) is 19.2. The lowest BCUT2D eigenvalue weighted by Crippen LogP contribution is -2.27. The van der Waals surface area contributed by atoms with Gasteiger partial charge in [-0.25, -0.2) is 26.7 Å². The number of nitrogen functional groups attached to an aromatic ring is 1. The zero-order valence-electron chi connectivity index (χ0n) is 12.5. The Morgan fingerprint density at radius 3 is 2.32 bits per heavy atom. The van der Waals surface area contributed by atoms with Gasteiger partial charge in [-0.3, -0.25) is 4.79 Å². The fraction of sp³-hybridized carbons (Fsp3) is 0.182. The molecule has 6 N–H and O–H groups in total. The number of hydrogen-bond donors (Lipinski definition) is 4. The second kappa shape index (κ2) is 7.40. The molecule has 1 amide bonds. The first-order valence-electron chi connectivity index (χ1n) is 6.59. The van der Waals surface area contributed by atoms with Crippen LogP contribution in [0, 0.1) is 0 Å². The molecule has 0 aliphatic rings. The molecule has 0 aliphatic carbocycles. The van der Waals surface area contributed by atoms with E-state index >= 15 is 0 Å². The molecule has 0 atom stereocenters. The van der Waals surface area contributed by atoms with Crippen molar-refractivity contribution in [1.82, 2.24) is 14.9 Å². The second-order valence-electron chi connectivity index (χ2n) is 4.68. The fourth-order valence-corrected chi connectivity index (χ4v) is 3.97. The first-order valence-corrected chi connectivity index (χ1v) is 10.4. The lowest BCUT2D eigenvalue weighted by Gasteiger charge is -2.06. The van der Waals surface area contributed by atoms with Gasteiger partial charge in [0.1, 0.15) is 0 Å². The van der Waals surface area contributed by atoms with E-state index in [4.69, 9.17) is 10.9 Å². The van der Waals surface area contributed by atoms with Crippen molar-refractivity contribution in [3.63, 3.8) is 0 Å². The Bertz CT molecular complexity index is 968. The minimum absolute atomic E-state index is 0.0176. The van der Waals surface area contributed by atoms with Crippen LogP contribution < -0.4 is 20.9 Å². The summed E-state index contributed by atoms with van der Waals surface area (Å²) in [5.41, 5.74) is 5.91. The van der Waals surface area contributed by atoms with Gasteiger partial charge < -0.3 is 11.1 Å². The van der Waals surface area contributed by atoms with Crippen LogP contribution >= 0.6 is 11.3 Å². The van der Waals surface area contributed by atoms with Gasteiger partial charge in [0.25, 0.3) is 10.0 Å². The van der Waals surface area contributed by atoms with Crippen molar-refractivity contribution in [2.45, 2.75) is 15.7 Å². The Labute approximate surface area is 147 Å². The van der Waals surface area contributed by atoms with Crippen LogP contribution in [0.4, 0.5) is 10.8 Å². The molecule has 1 aromatic heterocycles. The second-order valence-corrected chi connectivity index (χ2v) is 9.16. The van der Waals surface area contributed by atoms with Gasteiger partial charge in [-0.15, -0.1) is 10.2 Å². The highest BCUT2D eigenvalue weighted by Gasteiger charge is 2.17. The molecule has 2 aromatic rings. The number of sulfonamides is 2. The van der Waals surface area contributed by atoms with Gasteiger partial charge in [-0.05, 0) is 24.3 Å². The van der Waals surface area contributed by atoms with Crippen LogP contribution in [-0.2, 0) is 24.8 Å². The topological polar surface area (TPSA) is 187 Å². The van der Waals surface area contributed by atoms with Crippen LogP contribution in [0.25, 0.3) is 0 Å². The molecule has 1 aromatic carbocycles. The van der Waals surface area contributed by atoms with E-state index in [-0.39, 0.29) is 23.0 Å². The molecule has 11 nitrogen and oxygen atoms in total. The molecule has 14 heteroatoms. The highest BCUT2D eigenvalue weighted by atomic mass is 32.2. The largest absolute Gasteiger partial charge is 0.399 e. The van der Waals surface area contributed by atoms with Crippen molar-refractivity contribution in [3.05, 3.63) is 24.3 Å². The van der Waals surface area contributed by atoms with E-state index < -0.39 is 30.3 Å². The smallest absolute Gasteiger partial charge is 0.267 e. The number of nitrogens with one attached hydrogen (secondary N) is 2. The molecule has 0 radical (unpaired) electrons.